The van der Waals surface area contributed by atoms with Crippen molar-refractivity contribution in [3.05, 3.63) is 35.9 Å². The fourth-order valence-corrected chi connectivity index (χ4v) is 4.82. The highest BCUT2D eigenvalue weighted by atomic mass is 35.5. The number of nitrogens with one attached hydrogen (secondary N) is 1. The lowest BCUT2D eigenvalue weighted by Gasteiger charge is -2.36. The Morgan fingerprint density at radius 2 is 1.82 bits per heavy atom. The lowest BCUT2D eigenvalue weighted by Crippen LogP contribution is -2.55. The van der Waals surface area contributed by atoms with Crippen LogP contribution in [0.4, 0.5) is 13.2 Å². The van der Waals surface area contributed by atoms with E-state index in [0.717, 1.165) is 24.8 Å². The second kappa shape index (κ2) is 8.20. The van der Waals surface area contributed by atoms with Crippen LogP contribution in [0.3, 0.4) is 0 Å². The van der Waals surface area contributed by atoms with Crippen LogP contribution in [-0.4, -0.2) is 60.1 Å². The molecular formula is C20H27ClF3N3O. The van der Waals surface area contributed by atoms with Crippen molar-refractivity contribution in [2.24, 2.45) is 5.41 Å². The minimum atomic E-state index is -4.53. The molecular weight excluding hydrogens is 391 g/mol. The number of rotatable bonds is 3. The van der Waals surface area contributed by atoms with E-state index in [2.05, 4.69) is 5.32 Å². The van der Waals surface area contributed by atoms with E-state index in [9.17, 15) is 18.0 Å². The summed E-state index contributed by atoms with van der Waals surface area (Å²) < 4.78 is 42.4. The third-order valence-electron chi connectivity index (χ3n) is 6.36. The quantitative estimate of drug-likeness (QED) is 0.820. The number of benzene rings is 1. The zero-order valence-electron chi connectivity index (χ0n) is 15.8. The highest BCUT2D eigenvalue weighted by Gasteiger charge is 2.64. The molecule has 3 heterocycles. The van der Waals surface area contributed by atoms with Crippen LogP contribution in [0.5, 0.6) is 0 Å². The monoisotopic (exact) mass is 417 g/mol. The predicted octanol–water partition coefficient (Wildman–Crippen LogP) is 3.22. The summed E-state index contributed by atoms with van der Waals surface area (Å²) in [5.74, 6) is -0.722. The van der Waals surface area contributed by atoms with Crippen LogP contribution in [0.15, 0.2) is 30.3 Å². The Morgan fingerprint density at radius 1 is 1.11 bits per heavy atom. The topological polar surface area (TPSA) is 35.6 Å². The molecule has 4 nitrogen and oxygen atoms in total. The van der Waals surface area contributed by atoms with Crippen LogP contribution in [0.1, 0.15) is 31.2 Å². The zero-order valence-corrected chi connectivity index (χ0v) is 16.6. The molecule has 4 rings (SSSR count). The molecule has 0 aromatic heterocycles. The van der Waals surface area contributed by atoms with Gasteiger partial charge in [-0.05, 0) is 37.8 Å². The number of carbonyl (C=O) groups is 1. The molecule has 156 valence electrons. The molecule has 3 aliphatic rings. The maximum atomic E-state index is 14.1. The number of amides is 1. The fourth-order valence-electron chi connectivity index (χ4n) is 4.82. The van der Waals surface area contributed by atoms with E-state index in [1.165, 1.54) is 4.90 Å². The molecule has 8 heteroatoms. The Kier molecular flexibility index (Phi) is 6.27. The van der Waals surface area contributed by atoms with Crippen molar-refractivity contribution < 1.29 is 18.0 Å². The third-order valence-corrected chi connectivity index (χ3v) is 6.36. The van der Waals surface area contributed by atoms with Crippen molar-refractivity contribution in [3.8, 4) is 0 Å². The van der Waals surface area contributed by atoms with Gasteiger partial charge in [0.05, 0.1) is 0 Å². The van der Waals surface area contributed by atoms with Crippen LogP contribution in [-0.2, 0) is 11.3 Å². The van der Waals surface area contributed by atoms with Gasteiger partial charge in [-0.3, -0.25) is 9.69 Å². The van der Waals surface area contributed by atoms with Gasteiger partial charge in [0, 0.05) is 38.3 Å². The van der Waals surface area contributed by atoms with Crippen molar-refractivity contribution in [1.82, 2.24) is 15.1 Å². The van der Waals surface area contributed by atoms with Crippen LogP contribution in [0.25, 0.3) is 0 Å². The first kappa shape index (κ1) is 21.4. The summed E-state index contributed by atoms with van der Waals surface area (Å²) in [4.78, 5) is 16.4. The van der Waals surface area contributed by atoms with Crippen LogP contribution >= 0.6 is 12.4 Å². The van der Waals surface area contributed by atoms with Gasteiger partial charge in [0.15, 0.2) is 5.41 Å². The maximum Gasteiger partial charge on any atom is 0.404 e. The predicted molar refractivity (Wildman–Crippen MR) is 103 cm³/mol. The van der Waals surface area contributed by atoms with Crippen molar-refractivity contribution >= 4 is 18.3 Å². The molecule has 0 aliphatic carbocycles. The van der Waals surface area contributed by atoms with Crippen molar-refractivity contribution in [1.29, 1.82) is 0 Å². The highest BCUT2D eigenvalue weighted by molar-refractivity contribution is 5.85. The number of hydrogen-bond donors (Lipinski definition) is 1. The lowest BCUT2D eigenvalue weighted by atomic mass is 9.84. The summed E-state index contributed by atoms with van der Waals surface area (Å²) in [6.07, 6.45) is -1.95. The molecule has 3 unspecified atom stereocenters. The molecule has 28 heavy (non-hydrogen) atoms. The van der Waals surface area contributed by atoms with Gasteiger partial charge in [-0.1, -0.05) is 30.3 Å². The minimum absolute atomic E-state index is 0. The Hall–Kier alpha value is -1.31. The molecule has 3 aliphatic heterocycles. The van der Waals surface area contributed by atoms with Crippen molar-refractivity contribution in [2.75, 3.05) is 26.2 Å². The zero-order chi connectivity index (χ0) is 19.1. The molecule has 3 fully saturated rings. The number of alkyl halides is 3. The molecule has 0 radical (unpaired) electrons. The maximum absolute atomic E-state index is 14.1. The first-order valence-electron chi connectivity index (χ1n) is 9.76. The molecule has 1 aromatic rings. The smallest absolute Gasteiger partial charge is 0.340 e. The van der Waals surface area contributed by atoms with Crippen molar-refractivity contribution in [3.63, 3.8) is 0 Å². The second-order valence-electron chi connectivity index (χ2n) is 8.20. The number of nitrogens with zero attached hydrogens (tertiary/aromatic N) is 2. The summed E-state index contributed by atoms with van der Waals surface area (Å²) in [5, 5.41) is 3.44. The minimum Gasteiger partial charge on any atom is -0.340 e. The van der Waals surface area contributed by atoms with E-state index >= 15 is 0 Å². The van der Waals surface area contributed by atoms with E-state index in [1.54, 1.807) is 4.90 Å². The SMILES string of the molecule is Cl.O=C(N1CCC2CCC(C1)N2)C1(C(F)(F)F)CCN(Cc2ccccc2)C1. The number of halogens is 4. The number of hydrogen-bond acceptors (Lipinski definition) is 3. The first-order valence-corrected chi connectivity index (χ1v) is 9.76. The molecule has 1 N–H and O–H groups in total. The molecule has 3 saturated heterocycles. The van der Waals surface area contributed by atoms with Gasteiger partial charge in [0.1, 0.15) is 0 Å². The molecule has 0 saturated carbocycles. The van der Waals surface area contributed by atoms with Gasteiger partial charge >= 0.3 is 6.18 Å². The Labute approximate surface area is 169 Å². The van der Waals surface area contributed by atoms with Gasteiger partial charge in [-0.2, -0.15) is 13.2 Å². The summed E-state index contributed by atoms with van der Waals surface area (Å²) >= 11 is 0. The van der Waals surface area contributed by atoms with Gasteiger partial charge in [0.2, 0.25) is 5.91 Å². The van der Waals surface area contributed by atoms with E-state index in [-0.39, 0.29) is 38.0 Å². The molecule has 0 spiro atoms. The van der Waals surface area contributed by atoms with Gasteiger partial charge in [-0.15, -0.1) is 12.4 Å². The Balaban J connectivity index is 0.00000225. The van der Waals surface area contributed by atoms with Crippen LogP contribution in [0, 0.1) is 5.41 Å². The average molecular weight is 418 g/mol. The molecule has 2 bridgehead atoms. The van der Waals surface area contributed by atoms with E-state index in [1.807, 2.05) is 30.3 Å². The largest absolute Gasteiger partial charge is 0.404 e. The standard InChI is InChI=1S/C20H26F3N3O.ClH/c21-20(22,23)19(9-11-25(14-19)12-15-4-2-1-3-5-15)18(27)26-10-8-16-6-7-17(13-26)24-16;/h1-5,16-17,24H,6-14H2;1H. The summed E-state index contributed by atoms with van der Waals surface area (Å²) in [6.45, 7) is 1.30. The summed E-state index contributed by atoms with van der Waals surface area (Å²) in [6, 6.07) is 9.94. The van der Waals surface area contributed by atoms with Crippen molar-refractivity contribution in [2.45, 2.75) is 50.5 Å². The number of carbonyl (C=O) groups excluding carboxylic acids is 1. The second-order valence-corrected chi connectivity index (χ2v) is 8.20. The summed E-state index contributed by atoms with van der Waals surface area (Å²) in [7, 11) is 0. The van der Waals surface area contributed by atoms with Gasteiger partial charge < -0.3 is 10.2 Å². The van der Waals surface area contributed by atoms with Gasteiger partial charge in [0.25, 0.3) is 0 Å². The van der Waals surface area contributed by atoms with E-state index < -0.39 is 17.5 Å². The molecule has 1 amide bonds. The third kappa shape index (κ3) is 4.02. The first-order chi connectivity index (χ1) is 12.9. The Bertz CT molecular complexity index is 687. The van der Waals surface area contributed by atoms with Gasteiger partial charge in [-0.25, -0.2) is 0 Å². The fraction of sp³-hybridized carbons (Fsp3) is 0.650. The lowest BCUT2D eigenvalue weighted by molar-refractivity contribution is -0.223. The average Bonchev–Trinajstić information content (AvgIpc) is 3.19. The highest BCUT2D eigenvalue weighted by Crippen LogP contribution is 2.47. The Morgan fingerprint density at radius 3 is 2.54 bits per heavy atom. The number of fused-ring (bicyclic) bond motifs is 2. The normalized spacial score (nSPS) is 30.8. The summed E-state index contributed by atoms with van der Waals surface area (Å²) in [5.41, 5.74) is -1.30. The number of likely N-dealkylation sites (tertiary alicyclic amines) is 2. The van der Waals surface area contributed by atoms with Crippen LogP contribution in [0.2, 0.25) is 0 Å². The molecule has 3 atom stereocenters. The van der Waals surface area contributed by atoms with Crippen LogP contribution < -0.4 is 5.32 Å². The van der Waals surface area contributed by atoms with E-state index in [0.29, 0.717) is 25.7 Å². The molecule has 1 aromatic carbocycles. The van der Waals surface area contributed by atoms with E-state index in [4.69, 9.17) is 0 Å².